The molecule has 0 fully saturated rings. The zero-order valence-electron chi connectivity index (χ0n) is 20.5. The van der Waals surface area contributed by atoms with Gasteiger partial charge >= 0.3 is 0 Å². The van der Waals surface area contributed by atoms with E-state index in [1.54, 1.807) is 6.08 Å². The van der Waals surface area contributed by atoms with Gasteiger partial charge in [-0.05, 0) is 73.8 Å². The number of nitriles is 1. The molecule has 3 nitrogen and oxygen atoms in total. The third kappa shape index (κ3) is 9.30. The van der Waals surface area contributed by atoms with Crippen LogP contribution in [-0.2, 0) is 17.6 Å². The smallest absolute Gasteiger partial charge is 0.259 e. The van der Waals surface area contributed by atoms with Gasteiger partial charge in [0.05, 0.1) is 0 Å². The minimum absolute atomic E-state index is 0.0524. The molecule has 0 atom stereocenters. The fourth-order valence-electron chi connectivity index (χ4n) is 3.61. The molecule has 3 heteroatoms. The van der Waals surface area contributed by atoms with Gasteiger partial charge in [0.2, 0.25) is 0 Å². The zero-order chi connectivity index (χ0) is 25.3. The van der Waals surface area contributed by atoms with Crippen molar-refractivity contribution in [2.75, 3.05) is 0 Å². The molecule has 0 spiro atoms. The number of amides is 1. The minimum atomic E-state index is -0.669. The normalized spacial score (nSPS) is 11.4. The van der Waals surface area contributed by atoms with Crippen molar-refractivity contribution in [1.29, 1.82) is 5.26 Å². The molecule has 34 heavy (non-hydrogen) atoms. The summed E-state index contributed by atoms with van der Waals surface area (Å²) in [7, 11) is 0. The molecular formula is C31H36N2O. The van der Waals surface area contributed by atoms with Crippen molar-refractivity contribution in [3.8, 4) is 6.07 Å². The number of carbonyl (C=O) groups excluding carboxylic acids is 1. The van der Waals surface area contributed by atoms with Gasteiger partial charge in [-0.1, -0.05) is 85.0 Å². The fourth-order valence-corrected chi connectivity index (χ4v) is 3.61. The lowest BCUT2D eigenvalue weighted by Crippen LogP contribution is -2.14. The molecule has 1 amide bonds. The summed E-state index contributed by atoms with van der Waals surface area (Å²) in [5.74, 6) is -0.669. The Kier molecular flexibility index (Phi) is 13.1. The van der Waals surface area contributed by atoms with Crippen molar-refractivity contribution in [1.82, 2.24) is 0 Å². The quantitative estimate of drug-likeness (QED) is 0.171. The Labute approximate surface area is 205 Å². The summed E-state index contributed by atoms with van der Waals surface area (Å²) in [6.07, 6.45) is 14.2. The molecule has 2 aromatic rings. The van der Waals surface area contributed by atoms with Gasteiger partial charge in [0.15, 0.2) is 0 Å². The van der Waals surface area contributed by atoms with Gasteiger partial charge in [0.1, 0.15) is 11.6 Å². The molecule has 0 radical (unpaired) electrons. The van der Waals surface area contributed by atoms with E-state index in [1.807, 2.05) is 55.5 Å². The number of aryl methyl sites for hydroxylation is 4. The summed E-state index contributed by atoms with van der Waals surface area (Å²) in [6, 6.07) is 16.5. The Balaban J connectivity index is 0.00000281. The van der Waals surface area contributed by atoms with E-state index < -0.39 is 5.91 Å². The first-order valence-electron chi connectivity index (χ1n) is 11.5. The minimum Gasteiger partial charge on any atom is -0.365 e. The van der Waals surface area contributed by atoms with Crippen LogP contribution in [0.15, 0.2) is 98.2 Å². The standard InChI is InChI=1S/C29H32N2O.C2H4/c1-4-5-6-7-8-9-11-24-17-16-23(3)26(20-24)12-10-13-27(28(21-30)29(31)32)25-18-14-22(2)15-19-25;1-2/h4-8,14-20H,1,9-13H2,2-3H3,(H2,31,32);1-2H2/b6-5-,8-7-,28-27+;. The summed E-state index contributed by atoms with van der Waals surface area (Å²) in [4.78, 5) is 11.9. The number of allylic oxidation sites excluding steroid dienone is 6. The van der Waals surface area contributed by atoms with Crippen LogP contribution in [0, 0.1) is 25.2 Å². The second kappa shape index (κ2) is 15.8. The molecule has 0 aromatic heterocycles. The first-order valence-corrected chi connectivity index (χ1v) is 11.5. The molecule has 0 saturated heterocycles. The van der Waals surface area contributed by atoms with Gasteiger partial charge in [0, 0.05) is 0 Å². The largest absolute Gasteiger partial charge is 0.365 e. The third-order valence-corrected chi connectivity index (χ3v) is 5.44. The Morgan fingerprint density at radius 1 is 1.03 bits per heavy atom. The predicted octanol–water partition coefficient (Wildman–Crippen LogP) is 7.12. The monoisotopic (exact) mass is 452 g/mol. The lowest BCUT2D eigenvalue weighted by molar-refractivity contribution is -0.114. The molecule has 2 rings (SSSR count). The SMILES string of the molecule is C=C.C=C/C=C\C=C/CCc1ccc(C)c(CCC/C(=C(/C#N)C(N)=O)c2ccc(C)cc2)c1. The Morgan fingerprint density at radius 2 is 1.74 bits per heavy atom. The van der Waals surface area contributed by atoms with E-state index in [9.17, 15) is 10.1 Å². The number of nitrogens with zero attached hydrogens (tertiary/aromatic N) is 1. The van der Waals surface area contributed by atoms with Crippen LogP contribution < -0.4 is 5.73 Å². The summed E-state index contributed by atoms with van der Waals surface area (Å²) >= 11 is 0. The van der Waals surface area contributed by atoms with Crippen LogP contribution in [-0.4, -0.2) is 5.91 Å². The maximum absolute atomic E-state index is 11.9. The van der Waals surface area contributed by atoms with E-state index in [2.05, 4.69) is 50.9 Å². The van der Waals surface area contributed by atoms with Gasteiger partial charge in [-0.25, -0.2) is 0 Å². The lowest BCUT2D eigenvalue weighted by atomic mass is 9.92. The zero-order valence-corrected chi connectivity index (χ0v) is 20.5. The van der Waals surface area contributed by atoms with Crippen molar-refractivity contribution >= 4 is 11.5 Å². The van der Waals surface area contributed by atoms with Crippen molar-refractivity contribution in [2.24, 2.45) is 5.73 Å². The van der Waals surface area contributed by atoms with Gasteiger partial charge in [-0.15, -0.1) is 13.2 Å². The highest BCUT2D eigenvalue weighted by Gasteiger charge is 2.14. The van der Waals surface area contributed by atoms with Crippen LogP contribution in [0.2, 0.25) is 0 Å². The topological polar surface area (TPSA) is 66.9 Å². The van der Waals surface area contributed by atoms with E-state index in [4.69, 9.17) is 5.73 Å². The van der Waals surface area contributed by atoms with Gasteiger partial charge in [-0.3, -0.25) is 4.79 Å². The van der Waals surface area contributed by atoms with Gasteiger partial charge in [0.25, 0.3) is 5.91 Å². The summed E-state index contributed by atoms with van der Waals surface area (Å²) in [5, 5.41) is 9.51. The molecule has 0 saturated carbocycles. The summed E-state index contributed by atoms with van der Waals surface area (Å²) in [5.41, 5.74) is 12.2. The molecule has 0 heterocycles. The Bertz CT molecular complexity index is 1080. The molecule has 0 aliphatic carbocycles. The maximum Gasteiger partial charge on any atom is 0.259 e. The van der Waals surface area contributed by atoms with Crippen LogP contribution in [0.3, 0.4) is 0 Å². The van der Waals surface area contributed by atoms with Crippen molar-refractivity contribution in [2.45, 2.75) is 46.0 Å². The molecule has 0 unspecified atom stereocenters. The number of primary amides is 1. The second-order valence-electron chi connectivity index (χ2n) is 7.90. The van der Waals surface area contributed by atoms with E-state index >= 15 is 0 Å². The third-order valence-electron chi connectivity index (χ3n) is 5.44. The number of carbonyl (C=O) groups is 1. The van der Waals surface area contributed by atoms with Crippen molar-refractivity contribution in [3.05, 3.63) is 126 Å². The lowest BCUT2D eigenvalue weighted by Gasteiger charge is -2.12. The first kappa shape index (κ1) is 28.1. The molecule has 176 valence electrons. The number of benzene rings is 2. The van der Waals surface area contributed by atoms with Crippen molar-refractivity contribution < 1.29 is 4.79 Å². The molecular weight excluding hydrogens is 416 g/mol. The molecule has 0 bridgehead atoms. The van der Waals surface area contributed by atoms with Gasteiger partial charge < -0.3 is 5.73 Å². The van der Waals surface area contributed by atoms with Crippen LogP contribution >= 0.6 is 0 Å². The van der Waals surface area contributed by atoms with Crippen molar-refractivity contribution in [3.63, 3.8) is 0 Å². The predicted molar refractivity (Wildman–Crippen MR) is 145 cm³/mol. The molecule has 2 aromatic carbocycles. The molecule has 2 N–H and O–H groups in total. The average Bonchev–Trinajstić information content (AvgIpc) is 2.84. The second-order valence-corrected chi connectivity index (χ2v) is 7.90. The van der Waals surface area contributed by atoms with E-state index in [1.165, 1.54) is 16.7 Å². The van der Waals surface area contributed by atoms with Crippen LogP contribution in [0.1, 0.15) is 47.1 Å². The molecule has 0 aliphatic heterocycles. The average molecular weight is 453 g/mol. The number of nitrogens with two attached hydrogens (primary N) is 1. The highest BCUT2D eigenvalue weighted by Crippen LogP contribution is 2.26. The van der Waals surface area contributed by atoms with E-state index in [-0.39, 0.29) is 5.57 Å². The number of hydrogen-bond donors (Lipinski definition) is 1. The maximum atomic E-state index is 11.9. The summed E-state index contributed by atoms with van der Waals surface area (Å²) < 4.78 is 0. The van der Waals surface area contributed by atoms with E-state index in [0.29, 0.717) is 6.42 Å². The van der Waals surface area contributed by atoms with E-state index in [0.717, 1.165) is 42.4 Å². The highest BCUT2D eigenvalue weighted by atomic mass is 16.1. The Morgan fingerprint density at radius 3 is 2.35 bits per heavy atom. The molecule has 0 aliphatic rings. The fraction of sp³-hybridized carbons (Fsp3) is 0.226. The Hall–Kier alpha value is -3.90. The van der Waals surface area contributed by atoms with Crippen LogP contribution in [0.5, 0.6) is 0 Å². The summed E-state index contributed by atoms with van der Waals surface area (Å²) in [6.45, 7) is 13.8. The van der Waals surface area contributed by atoms with Gasteiger partial charge in [-0.2, -0.15) is 5.26 Å². The number of rotatable bonds is 11. The number of hydrogen-bond acceptors (Lipinski definition) is 2. The van der Waals surface area contributed by atoms with Crippen LogP contribution in [0.4, 0.5) is 0 Å². The highest BCUT2D eigenvalue weighted by molar-refractivity contribution is 6.04. The van der Waals surface area contributed by atoms with Crippen LogP contribution in [0.25, 0.3) is 5.57 Å². The first-order chi connectivity index (χ1) is 16.5.